The van der Waals surface area contributed by atoms with Gasteiger partial charge < -0.3 is 16.2 Å². The maximum absolute atomic E-state index is 12.9. The van der Waals surface area contributed by atoms with Crippen LogP contribution in [0.3, 0.4) is 0 Å². The van der Waals surface area contributed by atoms with Crippen LogP contribution in [0.1, 0.15) is 49.7 Å². The molecule has 31 heavy (non-hydrogen) atoms. The molecule has 4 N–H and O–H groups in total. The minimum atomic E-state index is -0.707. The van der Waals surface area contributed by atoms with Gasteiger partial charge in [-0.05, 0) is 44.3 Å². The highest BCUT2D eigenvalue weighted by atomic mass is 35.5. The van der Waals surface area contributed by atoms with Gasteiger partial charge in [0.2, 0.25) is 0 Å². The zero-order valence-corrected chi connectivity index (χ0v) is 19.2. The summed E-state index contributed by atoms with van der Waals surface area (Å²) in [6, 6.07) is 1.57. The van der Waals surface area contributed by atoms with Crippen LogP contribution in [0.15, 0.2) is 12.3 Å². The fourth-order valence-corrected chi connectivity index (χ4v) is 3.91. The quantitative estimate of drug-likeness (QED) is 0.569. The van der Waals surface area contributed by atoms with Crippen molar-refractivity contribution in [2.24, 2.45) is 11.3 Å². The number of aliphatic hydroxyl groups is 1. The van der Waals surface area contributed by atoms with Crippen molar-refractivity contribution in [1.82, 2.24) is 19.6 Å². The Morgan fingerprint density at radius 3 is 2.65 bits per heavy atom. The first-order valence-corrected chi connectivity index (χ1v) is 11.1. The molecular formula is C22H32ClN5O3. The number of fused-ring (bicyclic) bond motifs is 1. The number of carbonyl (C=O) groups excluding carboxylic acids is 2. The van der Waals surface area contributed by atoms with Crippen LogP contribution < -0.4 is 11.1 Å². The number of nitrogen functional groups attached to an aromatic ring is 1. The number of nitrogens with zero attached hydrogens (tertiary/aromatic N) is 3. The lowest BCUT2D eigenvalue weighted by Gasteiger charge is -2.33. The number of hydrogen-bond donors (Lipinski definition) is 3. The first kappa shape index (κ1) is 23.5. The predicted octanol–water partition coefficient (Wildman–Crippen LogP) is 2.16. The topological polar surface area (TPSA) is 113 Å². The SMILES string of the molecule is CCc1cn2c(N)c(Cl)cc(C(=O)NCC3CCN(CC(=O)C(C)(C)CO)CC3)c2n1. The van der Waals surface area contributed by atoms with Crippen LogP contribution in [-0.2, 0) is 11.2 Å². The molecule has 2 aromatic heterocycles. The molecule has 0 radical (unpaired) electrons. The molecular weight excluding hydrogens is 418 g/mol. The number of pyridine rings is 1. The van der Waals surface area contributed by atoms with Crippen LogP contribution in [0.25, 0.3) is 5.65 Å². The van der Waals surface area contributed by atoms with Crippen LogP contribution in [-0.4, -0.2) is 63.9 Å². The number of carbonyl (C=O) groups is 2. The number of hydrogen-bond acceptors (Lipinski definition) is 6. The molecule has 170 valence electrons. The summed E-state index contributed by atoms with van der Waals surface area (Å²) in [5, 5.41) is 12.7. The van der Waals surface area contributed by atoms with E-state index in [1.807, 2.05) is 13.1 Å². The zero-order chi connectivity index (χ0) is 22.8. The van der Waals surface area contributed by atoms with Gasteiger partial charge in [0.25, 0.3) is 5.91 Å². The van der Waals surface area contributed by atoms with Crippen molar-refractivity contribution in [3.8, 4) is 0 Å². The molecule has 3 heterocycles. The van der Waals surface area contributed by atoms with Crippen molar-refractivity contribution in [2.45, 2.75) is 40.0 Å². The van der Waals surface area contributed by atoms with Crippen molar-refractivity contribution < 1.29 is 14.7 Å². The minimum Gasteiger partial charge on any atom is -0.395 e. The highest BCUT2D eigenvalue weighted by Gasteiger charge is 2.29. The average molecular weight is 450 g/mol. The normalized spacial score (nSPS) is 16.0. The van der Waals surface area contributed by atoms with Crippen LogP contribution in [0.2, 0.25) is 5.02 Å². The van der Waals surface area contributed by atoms with Gasteiger partial charge in [0.1, 0.15) is 5.82 Å². The number of amides is 1. The molecule has 1 aliphatic heterocycles. The lowest BCUT2D eigenvalue weighted by Crippen LogP contribution is -2.44. The van der Waals surface area contributed by atoms with Gasteiger partial charge in [-0.15, -0.1) is 0 Å². The monoisotopic (exact) mass is 449 g/mol. The number of halogens is 1. The molecule has 1 fully saturated rings. The number of anilines is 1. The first-order valence-electron chi connectivity index (χ1n) is 10.8. The number of aromatic nitrogens is 2. The third kappa shape index (κ3) is 5.19. The van der Waals surface area contributed by atoms with E-state index < -0.39 is 5.41 Å². The zero-order valence-electron chi connectivity index (χ0n) is 18.4. The van der Waals surface area contributed by atoms with Crippen molar-refractivity contribution in [1.29, 1.82) is 0 Å². The number of likely N-dealkylation sites (tertiary alicyclic amines) is 1. The van der Waals surface area contributed by atoms with Gasteiger partial charge in [-0.3, -0.25) is 18.9 Å². The van der Waals surface area contributed by atoms with E-state index in [9.17, 15) is 14.7 Å². The average Bonchev–Trinajstić information content (AvgIpc) is 3.20. The number of imidazole rings is 1. The third-order valence-electron chi connectivity index (χ3n) is 6.15. The largest absolute Gasteiger partial charge is 0.395 e. The highest BCUT2D eigenvalue weighted by Crippen LogP contribution is 2.25. The Morgan fingerprint density at radius 1 is 1.35 bits per heavy atom. The highest BCUT2D eigenvalue weighted by molar-refractivity contribution is 6.33. The van der Waals surface area contributed by atoms with Gasteiger partial charge in [-0.2, -0.15) is 0 Å². The number of ketones is 1. The van der Waals surface area contributed by atoms with E-state index in [2.05, 4.69) is 15.2 Å². The van der Waals surface area contributed by atoms with E-state index in [4.69, 9.17) is 17.3 Å². The van der Waals surface area contributed by atoms with Gasteiger partial charge in [-0.1, -0.05) is 32.4 Å². The van der Waals surface area contributed by atoms with Crippen LogP contribution >= 0.6 is 11.6 Å². The Balaban J connectivity index is 1.57. The summed E-state index contributed by atoms with van der Waals surface area (Å²) < 4.78 is 1.67. The second kappa shape index (κ2) is 9.54. The summed E-state index contributed by atoms with van der Waals surface area (Å²) in [5.74, 6) is 0.540. The minimum absolute atomic E-state index is 0.0529. The molecule has 8 nitrogen and oxygen atoms in total. The molecule has 9 heteroatoms. The molecule has 0 aliphatic carbocycles. The molecule has 0 spiro atoms. The number of nitrogens with one attached hydrogen (secondary N) is 1. The van der Waals surface area contributed by atoms with Crippen molar-refractivity contribution in [2.75, 3.05) is 38.5 Å². The number of aliphatic hydroxyl groups excluding tert-OH is 1. The third-order valence-corrected chi connectivity index (χ3v) is 6.46. The fraction of sp³-hybridized carbons (Fsp3) is 0.591. The molecule has 1 saturated heterocycles. The summed E-state index contributed by atoms with van der Waals surface area (Å²) in [5.41, 5.74) is 7.10. The molecule has 1 amide bonds. The molecule has 1 aliphatic rings. The number of piperidine rings is 1. The lowest BCUT2D eigenvalue weighted by molar-refractivity contribution is -0.130. The van der Waals surface area contributed by atoms with Crippen LogP contribution in [0, 0.1) is 11.3 Å². The molecule has 0 aromatic carbocycles. The maximum atomic E-state index is 12.9. The van der Waals surface area contributed by atoms with Gasteiger partial charge in [0.15, 0.2) is 11.4 Å². The van der Waals surface area contributed by atoms with E-state index in [1.54, 1.807) is 24.3 Å². The predicted molar refractivity (Wildman–Crippen MR) is 121 cm³/mol. The van der Waals surface area contributed by atoms with Crippen molar-refractivity contribution >= 4 is 34.8 Å². The van der Waals surface area contributed by atoms with Gasteiger partial charge >= 0.3 is 0 Å². The smallest absolute Gasteiger partial charge is 0.255 e. The molecule has 0 saturated carbocycles. The Bertz CT molecular complexity index is 964. The van der Waals surface area contributed by atoms with E-state index in [1.165, 1.54) is 0 Å². The molecule has 0 unspecified atom stereocenters. The van der Waals surface area contributed by atoms with Crippen LogP contribution in [0.4, 0.5) is 5.82 Å². The lowest BCUT2D eigenvalue weighted by atomic mass is 9.88. The Labute approximate surface area is 187 Å². The van der Waals surface area contributed by atoms with E-state index in [-0.39, 0.29) is 18.3 Å². The summed E-state index contributed by atoms with van der Waals surface area (Å²) in [4.78, 5) is 31.8. The summed E-state index contributed by atoms with van der Waals surface area (Å²) in [6.07, 6.45) is 4.33. The van der Waals surface area contributed by atoms with Gasteiger partial charge in [-0.25, -0.2) is 4.98 Å². The second-order valence-electron chi connectivity index (χ2n) is 8.97. The van der Waals surface area contributed by atoms with Gasteiger partial charge in [0, 0.05) is 18.2 Å². The fourth-order valence-electron chi connectivity index (χ4n) is 3.71. The van der Waals surface area contributed by atoms with Crippen LogP contribution in [0.5, 0.6) is 0 Å². The number of aryl methyl sites for hydroxylation is 1. The van der Waals surface area contributed by atoms with E-state index in [0.29, 0.717) is 41.1 Å². The molecule has 2 aromatic rings. The first-order chi connectivity index (χ1) is 14.7. The Kier molecular flexibility index (Phi) is 7.24. The summed E-state index contributed by atoms with van der Waals surface area (Å²) >= 11 is 6.24. The number of nitrogens with two attached hydrogens (primary N) is 1. The maximum Gasteiger partial charge on any atom is 0.255 e. The summed E-state index contributed by atoms with van der Waals surface area (Å²) in [7, 11) is 0. The van der Waals surface area contributed by atoms with E-state index >= 15 is 0 Å². The van der Waals surface area contributed by atoms with Gasteiger partial charge in [0.05, 0.1) is 29.4 Å². The molecule has 3 rings (SSSR count). The second-order valence-corrected chi connectivity index (χ2v) is 9.37. The Hall–Kier alpha value is -2.16. The number of Topliss-reactive ketones (excluding diaryl/α,β-unsaturated/α-hetero) is 1. The number of rotatable bonds is 8. The van der Waals surface area contributed by atoms with E-state index in [0.717, 1.165) is 38.0 Å². The Morgan fingerprint density at radius 2 is 2.03 bits per heavy atom. The molecule has 0 atom stereocenters. The standard InChI is InChI=1S/C22H32ClN5O3/c1-4-15-11-28-19(24)17(23)9-16(20(28)26-15)21(31)25-10-14-5-7-27(8-6-14)12-18(30)22(2,3)13-29/h9,11,14,29H,4-8,10,12-13,24H2,1-3H3,(H,25,31). The van der Waals surface area contributed by atoms with Crippen molar-refractivity contribution in [3.63, 3.8) is 0 Å². The van der Waals surface area contributed by atoms with Crippen molar-refractivity contribution in [3.05, 3.63) is 28.5 Å². The summed E-state index contributed by atoms with van der Waals surface area (Å²) in [6.45, 7) is 7.88. The molecule has 0 bridgehead atoms.